The fraction of sp³-hybridized carbons (Fsp3) is 0.533. The van der Waals surface area contributed by atoms with Crippen LogP contribution >= 0.6 is 0 Å². The maximum Gasteiger partial charge on any atom is 0.241 e. The van der Waals surface area contributed by atoms with Crippen molar-refractivity contribution in [1.29, 1.82) is 0 Å². The van der Waals surface area contributed by atoms with E-state index < -0.39 is 6.04 Å². The van der Waals surface area contributed by atoms with E-state index in [4.69, 9.17) is 5.73 Å². The smallest absolute Gasteiger partial charge is 0.241 e. The van der Waals surface area contributed by atoms with Crippen molar-refractivity contribution < 1.29 is 4.79 Å². The Labute approximate surface area is 115 Å². The summed E-state index contributed by atoms with van der Waals surface area (Å²) in [7, 11) is 0. The molecule has 0 radical (unpaired) electrons. The quantitative estimate of drug-likeness (QED) is 0.839. The predicted molar refractivity (Wildman–Crippen MR) is 76.6 cm³/mol. The van der Waals surface area contributed by atoms with Crippen molar-refractivity contribution in [2.24, 2.45) is 5.73 Å². The van der Waals surface area contributed by atoms with Crippen LogP contribution in [0.1, 0.15) is 31.4 Å². The Morgan fingerprint density at radius 2 is 1.95 bits per heavy atom. The van der Waals surface area contributed by atoms with Crippen molar-refractivity contribution in [3.05, 3.63) is 35.9 Å². The third-order valence-corrected chi connectivity index (χ3v) is 3.56. The minimum Gasteiger partial charge on any atom is -0.351 e. The molecule has 0 aromatic heterocycles. The van der Waals surface area contributed by atoms with Crippen LogP contribution in [0.25, 0.3) is 0 Å². The molecule has 1 aromatic rings. The van der Waals surface area contributed by atoms with Crippen LogP contribution in [0.2, 0.25) is 0 Å². The molecule has 19 heavy (non-hydrogen) atoms. The maximum atomic E-state index is 12.1. The minimum absolute atomic E-state index is 0.0992. The van der Waals surface area contributed by atoms with Crippen LogP contribution in [-0.2, 0) is 4.79 Å². The normalized spacial score (nSPS) is 19.1. The number of carbonyl (C=O) groups excluding carboxylic acids is 1. The van der Waals surface area contributed by atoms with Gasteiger partial charge in [0, 0.05) is 12.6 Å². The van der Waals surface area contributed by atoms with Gasteiger partial charge in [-0.05, 0) is 38.4 Å². The number of hydrogen-bond acceptors (Lipinski definition) is 3. The molecule has 1 aromatic carbocycles. The molecule has 2 rings (SSSR count). The summed E-state index contributed by atoms with van der Waals surface area (Å²) in [6, 6.07) is 9.05. The van der Waals surface area contributed by atoms with Gasteiger partial charge in [-0.15, -0.1) is 0 Å². The zero-order valence-electron chi connectivity index (χ0n) is 11.5. The van der Waals surface area contributed by atoms with Crippen LogP contribution in [0, 0.1) is 0 Å². The molecule has 3 N–H and O–H groups in total. The molecule has 2 atom stereocenters. The topological polar surface area (TPSA) is 58.4 Å². The molecule has 2 unspecified atom stereocenters. The Balaban J connectivity index is 1.82. The van der Waals surface area contributed by atoms with Gasteiger partial charge in [-0.2, -0.15) is 0 Å². The van der Waals surface area contributed by atoms with Gasteiger partial charge in [0.25, 0.3) is 0 Å². The third kappa shape index (κ3) is 4.04. The number of nitrogens with two attached hydrogens (primary N) is 1. The predicted octanol–water partition coefficient (Wildman–Crippen LogP) is 1.29. The summed E-state index contributed by atoms with van der Waals surface area (Å²) < 4.78 is 0. The largest absolute Gasteiger partial charge is 0.351 e. The Morgan fingerprint density at radius 1 is 1.32 bits per heavy atom. The summed E-state index contributed by atoms with van der Waals surface area (Å²) in [5, 5.41) is 3.00. The molecule has 1 aliphatic heterocycles. The van der Waals surface area contributed by atoms with E-state index in [2.05, 4.69) is 10.2 Å². The number of rotatable bonds is 5. The van der Waals surface area contributed by atoms with Gasteiger partial charge in [0.1, 0.15) is 6.04 Å². The van der Waals surface area contributed by atoms with E-state index in [0.29, 0.717) is 0 Å². The fourth-order valence-electron chi connectivity index (χ4n) is 2.54. The molecular weight excluding hydrogens is 238 g/mol. The highest BCUT2D eigenvalue weighted by Gasteiger charge is 2.19. The van der Waals surface area contributed by atoms with Gasteiger partial charge in [0.15, 0.2) is 0 Å². The van der Waals surface area contributed by atoms with E-state index >= 15 is 0 Å². The number of amides is 1. The van der Waals surface area contributed by atoms with Crippen LogP contribution in [0.15, 0.2) is 30.3 Å². The molecule has 1 saturated heterocycles. The van der Waals surface area contributed by atoms with Gasteiger partial charge in [0.2, 0.25) is 5.91 Å². The lowest BCUT2D eigenvalue weighted by molar-refractivity contribution is -0.123. The Bertz CT molecular complexity index is 401. The Morgan fingerprint density at radius 3 is 2.58 bits per heavy atom. The summed E-state index contributed by atoms with van der Waals surface area (Å²) >= 11 is 0. The van der Waals surface area contributed by atoms with Crippen molar-refractivity contribution in [2.45, 2.75) is 31.8 Å². The van der Waals surface area contributed by atoms with E-state index in [9.17, 15) is 4.79 Å². The van der Waals surface area contributed by atoms with Gasteiger partial charge >= 0.3 is 0 Å². The van der Waals surface area contributed by atoms with Gasteiger partial charge in [0.05, 0.1) is 0 Å². The molecule has 1 fully saturated rings. The first-order valence-corrected chi connectivity index (χ1v) is 7.00. The van der Waals surface area contributed by atoms with E-state index in [1.54, 1.807) is 0 Å². The summed E-state index contributed by atoms with van der Waals surface area (Å²) in [4.78, 5) is 14.5. The van der Waals surface area contributed by atoms with Gasteiger partial charge < -0.3 is 16.0 Å². The molecule has 0 aliphatic carbocycles. The summed E-state index contributed by atoms with van der Waals surface area (Å²) in [5.41, 5.74) is 6.82. The lowest BCUT2D eigenvalue weighted by Gasteiger charge is -2.22. The second-order valence-corrected chi connectivity index (χ2v) is 5.31. The summed E-state index contributed by atoms with van der Waals surface area (Å²) in [6.07, 6.45) is 2.54. The van der Waals surface area contributed by atoms with Gasteiger partial charge in [-0.25, -0.2) is 0 Å². The van der Waals surface area contributed by atoms with Crippen molar-refractivity contribution in [3.8, 4) is 0 Å². The lowest BCUT2D eigenvalue weighted by atomic mass is 10.1. The van der Waals surface area contributed by atoms with Crippen molar-refractivity contribution in [2.75, 3.05) is 19.6 Å². The monoisotopic (exact) mass is 261 g/mol. The van der Waals surface area contributed by atoms with Gasteiger partial charge in [-0.1, -0.05) is 30.3 Å². The number of carbonyl (C=O) groups is 1. The fourth-order valence-corrected chi connectivity index (χ4v) is 2.54. The number of likely N-dealkylation sites (tertiary alicyclic amines) is 1. The molecule has 0 saturated carbocycles. The minimum atomic E-state index is -0.581. The lowest BCUT2D eigenvalue weighted by Crippen LogP contribution is -2.44. The molecule has 0 spiro atoms. The molecule has 1 aliphatic rings. The Kier molecular flexibility index (Phi) is 4.93. The van der Waals surface area contributed by atoms with Crippen LogP contribution < -0.4 is 11.1 Å². The highest BCUT2D eigenvalue weighted by molar-refractivity contribution is 5.83. The summed E-state index contributed by atoms with van der Waals surface area (Å²) in [5.74, 6) is -0.0992. The highest BCUT2D eigenvalue weighted by Crippen LogP contribution is 2.11. The standard InChI is InChI=1S/C15H23N3O/c1-12(11-18-9-5-6-10-18)17-15(19)14(16)13-7-3-2-4-8-13/h2-4,7-8,12,14H,5-6,9-11,16H2,1H3,(H,17,19). The summed E-state index contributed by atoms with van der Waals surface area (Å²) in [6.45, 7) is 5.23. The molecule has 1 amide bonds. The highest BCUT2D eigenvalue weighted by atomic mass is 16.2. The van der Waals surface area contributed by atoms with E-state index in [-0.39, 0.29) is 11.9 Å². The van der Waals surface area contributed by atoms with Gasteiger partial charge in [-0.3, -0.25) is 4.79 Å². The first-order chi connectivity index (χ1) is 9.16. The first kappa shape index (κ1) is 14.0. The van der Waals surface area contributed by atoms with Crippen molar-refractivity contribution in [1.82, 2.24) is 10.2 Å². The molecular formula is C15H23N3O. The van der Waals surface area contributed by atoms with Crippen LogP contribution in [0.3, 0.4) is 0 Å². The van der Waals surface area contributed by atoms with E-state index in [0.717, 1.165) is 25.2 Å². The number of nitrogens with one attached hydrogen (secondary N) is 1. The number of nitrogens with zero attached hydrogens (tertiary/aromatic N) is 1. The van der Waals surface area contributed by atoms with Crippen LogP contribution in [-0.4, -0.2) is 36.5 Å². The number of benzene rings is 1. The third-order valence-electron chi connectivity index (χ3n) is 3.56. The second kappa shape index (κ2) is 6.68. The van der Waals surface area contributed by atoms with Crippen molar-refractivity contribution >= 4 is 5.91 Å². The SMILES string of the molecule is CC(CN1CCCC1)NC(=O)C(N)c1ccccc1. The van der Waals surface area contributed by atoms with Crippen LogP contribution in [0.4, 0.5) is 0 Å². The zero-order valence-corrected chi connectivity index (χ0v) is 11.5. The average Bonchev–Trinajstić information content (AvgIpc) is 2.91. The molecule has 4 heteroatoms. The second-order valence-electron chi connectivity index (χ2n) is 5.31. The Hall–Kier alpha value is -1.39. The molecule has 0 bridgehead atoms. The van der Waals surface area contributed by atoms with Crippen molar-refractivity contribution in [3.63, 3.8) is 0 Å². The number of hydrogen-bond donors (Lipinski definition) is 2. The molecule has 4 nitrogen and oxygen atoms in total. The van der Waals surface area contributed by atoms with E-state index in [1.165, 1.54) is 12.8 Å². The maximum absolute atomic E-state index is 12.1. The molecule has 104 valence electrons. The first-order valence-electron chi connectivity index (χ1n) is 7.00. The van der Waals surface area contributed by atoms with E-state index in [1.807, 2.05) is 37.3 Å². The zero-order chi connectivity index (χ0) is 13.7. The van der Waals surface area contributed by atoms with Crippen LogP contribution in [0.5, 0.6) is 0 Å². The molecule has 1 heterocycles. The average molecular weight is 261 g/mol.